The first kappa shape index (κ1) is 19.1. The second kappa shape index (κ2) is 8.03. The fraction of sp³-hybridized carbons (Fsp3) is 0.364. The molecule has 2 aromatic rings. The minimum absolute atomic E-state index is 0.00744. The number of likely N-dealkylation sites (tertiary alicyclic amines) is 1. The summed E-state index contributed by atoms with van der Waals surface area (Å²) in [6.45, 7) is 3.50. The monoisotopic (exact) mass is 392 g/mol. The number of oxime groups is 1. The summed E-state index contributed by atoms with van der Waals surface area (Å²) in [4.78, 5) is 36.9. The zero-order valence-corrected chi connectivity index (χ0v) is 16.4. The quantitative estimate of drug-likeness (QED) is 0.866. The van der Waals surface area contributed by atoms with E-state index in [-0.39, 0.29) is 11.8 Å². The number of aryl methyl sites for hydroxylation is 1. The van der Waals surface area contributed by atoms with Gasteiger partial charge in [0.1, 0.15) is 5.71 Å². The molecule has 1 aromatic carbocycles. The molecule has 29 heavy (non-hydrogen) atoms. The third-order valence-corrected chi connectivity index (χ3v) is 5.40. The van der Waals surface area contributed by atoms with E-state index in [0.29, 0.717) is 37.3 Å². The van der Waals surface area contributed by atoms with Gasteiger partial charge in [0.05, 0.1) is 6.54 Å². The van der Waals surface area contributed by atoms with Gasteiger partial charge in [0.25, 0.3) is 11.8 Å². The lowest BCUT2D eigenvalue weighted by Gasteiger charge is -2.38. The highest BCUT2D eigenvalue weighted by Crippen LogP contribution is 2.34. The summed E-state index contributed by atoms with van der Waals surface area (Å²) in [5, 5.41) is 6.93. The van der Waals surface area contributed by atoms with E-state index in [1.807, 2.05) is 48.2 Å². The van der Waals surface area contributed by atoms with Crippen LogP contribution in [0.3, 0.4) is 0 Å². The summed E-state index contributed by atoms with van der Waals surface area (Å²) >= 11 is 0. The Bertz CT molecular complexity index is 944. The van der Waals surface area contributed by atoms with Gasteiger partial charge in [0, 0.05) is 37.5 Å². The fourth-order valence-corrected chi connectivity index (χ4v) is 3.88. The van der Waals surface area contributed by atoms with Crippen molar-refractivity contribution in [3.05, 3.63) is 65.5 Å². The normalized spacial score (nSPS) is 20.9. The van der Waals surface area contributed by atoms with E-state index in [1.54, 1.807) is 12.4 Å². The van der Waals surface area contributed by atoms with Crippen molar-refractivity contribution in [3.63, 3.8) is 0 Å². The second-order valence-electron chi connectivity index (χ2n) is 7.73. The zero-order valence-electron chi connectivity index (χ0n) is 16.4. The minimum Gasteiger partial charge on any atom is -0.386 e. The number of rotatable bonds is 4. The first-order chi connectivity index (χ1) is 14.0. The Morgan fingerprint density at radius 1 is 1.24 bits per heavy atom. The Labute approximate surface area is 169 Å². The largest absolute Gasteiger partial charge is 0.386 e. The minimum atomic E-state index is -0.610. The maximum absolute atomic E-state index is 12.9. The van der Waals surface area contributed by atoms with E-state index in [2.05, 4.69) is 15.5 Å². The van der Waals surface area contributed by atoms with Crippen LogP contribution in [0.2, 0.25) is 0 Å². The molecule has 4 rings (SSSR count). The summed E-state index contributed by atoms with van der Waals surface area (Å²) in [5.41, 5.74) is 2.47. The molecule has 0 bridgehead atoms. The molecule has 2 amide bonds. The first-order valence-electron chi connectivity index (χ1n) is 9.83. The van der Waals surface area contributed by atoms with E-state index in [1.165, 1.54) is 0 Å². The number of nitrogens with one attached hydrogen (secondary N) is 1. The molecule has 0 saturated carbocycles. The molecule has 0 radical (unpaired) electrons. The van der Waals surface area contributed by atoms with E-state index in [0.717, 1.165) is 24.0 Å². The molecule has 3 heterocycles. The van der Waals surface area contributed by atoms with Crippen LogP contribution in [0.15, 0.2) is 53.9 Å². The van der Waals surface area contributed by atoms with Crippen molar-refractivity contribution in [3.8, 4) is 0 Å². The molecule has 1 atom stereocenters. The van der Waals surface area contributed by atoms with Crippen LogP contribution in [-0.4, -0.2) is 46.1 Å². The molecule has 1 fully saturated rings. The zero-order chi connectivity index (χ0) is 20.3. The van der Waals surface area contributed by atoms with Crippen molar-refractivity contribution in [1.29, 1.82) is 0 Å². The second-order valence-corrected chi connectivity index (χ2v) is 7.73. The molecule has 1 saturated heterocycles. The van der Waals surface area contributed by atoms with Gasteiger partial charge in [-0.25, -0.2) is 0 Å². The van der Waals surface area contributed by atoms with Gasteiger partial charge in [-0.3, -0.25) is 14.6 Å². The Hall–Kier alpha value is -3.22. The highest BCUT2D eigenvalue weighted by Gasteiger charge is 2.45. The lowest BCUT2D eigenvalue weighted by Crippen LogP contribution is -2.51. The van der Waals surface area contributed by atoms with Crippen LogP contribution >= 0.6 is 0 Å². The first-order valence-corrected chi connectivity index (χ1v) is 9.83. The van der Waals surface area contributed by atoms with Crippen molar-refractivity contribution >= 4 is 17.5 Å². The molecule has 1 spiro atoms. The molecule has 0 aliphatic carbocycles. The van der Waals surface area contributed by atoms with Gasteiger partial charge in [0.15, 0.2) is 5.60 Å². The number of amides is 2. The highest BCUT2D eigenvalue weighted by atomic mass is 16.7. The lowest BCUT2D eigenvalue weighted by atomic mass is 9.87. The molecule has 7 nitrogen and oxygen atoms in total. The van der Waals surface area contributed by atoms with E-state index >= 15 is 0 Å². The summed E-state index contributed by atoms with van der Waals surface area (Å²) in [6, 6.07) is 11.3. The number of carbonyl (C=O) groups is 2. The molecular formula is C22H24N4O3. The summed E-state index contributed by atoms with van der Waals surface area (Å²) in [7, 11) is 0. The maximum atomic E-state index is 12.9. The number of pyridine rings is 1. The van der Waals surface area contributed by atoms with Crippen LogP contribution in [0.4, 0.5) is 0 Å². The van der Waals surface area contributed by atoms with Crippen LogP contribution in [0, 0.1) is 6.92 Å². The predicted octanol–water partition coefficient (Wildman–Crippen LogP) is 2.46. The Morgan fingerprint density at radius 3 is 2.86 bits per heavy atom. The number of carbonyl (C=O) groups excluding carboxylic acids is 2. The average molecular weight is 392 g/mol. The number of hydrogen-bond acceptors (Lipinski definition) is 5. The Morgan fingerprint density at radius 2 is 2.07 bits per heavy atom. The molecule has 1 aromatic heterocycles. The van der Waals surface area contributed by atoms with E-state index in [9.17, 15) is 9.59 Å². The molecule has 1 N–H and O–H groups in total. The van der Waals surface area contributed by atoms with Gasteiger partial charge in [-0.2, -0.15) is 0 Å². The highest BCUT2D eigenvalue weighted by molar-refractivity contribution is 6.39. The van der Waals surface area contributed by atoms with Gasteiger partial charge >= 0.3 is 0 Å². The van der Waals surface area contributed by atoms with Gasteiger partial charge in [-0.15, -0.1) is 0 Å². The number of piperidine rings is 1. The molecule has 2 aliphatic heterocycles. The van der Waals surface area contributed by atoms with Crippen LogP contribution in [-0.2, 0) is 16.2 Å². The summed E-state index contributed by atoms with van der Waals surface area (Å²) in [6.07, 6.45) is 5.38. The number of aromatic nitrogens is 1. The predicted molar refractivity (Wildman–Crippen MR) is 108 cm³/mol. The number of nitrogens with zero attached hydrogens (tertiary/aromatic N) is 3. The van der Waals surface area contributed by atoms with Crippen LogP contribution < -0.4 is 5.32 Å². The number of benzene rings is 1. The third kappa shape index (κ3) is 4.29. The van der Waals surface area contributed by atoms with Gasteiger partial charge in [0.2, 0.25) is 0 Å². The van der Waals surface area contributed by atoms with E-state index < -0.39 is 5.60 Å². The summed E-state index contributed by atoms with van der Waals surface area (Å²) in [5.74, 6) is -0.243. The lowest BCUT2D eigenvalue weighted by molar-refractivity contribution is -0.115. The average Bonchev–Trinajstić information content (AvgIpc) is 3.15. The van der Waals surface area contributed by atoms with Crippen LogP contribution in [0.5, 0.6) is 0 Å². The molecule has 0 unspecified atom stereocenters. The van der Waals surface area contributed by atoms with Crippen LogP contribution in [0.25, 0.3) is 0 Å². The van der Waals surface area contributed by atoms with Crippen LogP contribution in [0.1, 0.15) is 40.7 Å². The third-order valence-electron chi connectivity index (χ3n) is 5.40. The number of hydrogen-bond donors (Lipinski definition) is 1. The fourth-order valence-electron chi connectivity index (χ4n) is 3.88. The summed E-state index contributed by atoms with van der Waals surface area (Å²) < 4.78 is 0. The van der Waals surface area contributed by atoms with Crippen molar-refractivity contribution in [2.75, 3.05) is 13.1 Å². The van der Waals surface area contributed by atoms with Crippen molar-refractivity contribution in [1.82, 2.24) is 15.2 Å². The van der Waals surface area contributed by atoms with E-state index in [4.69, 9.17) is 4.84 Å². The van der Waals surface area contributed by atoms with Crippen molar-refractivity contribution < 1.29 is 14.4 Å². The topological polar surface area (TPSA) is 83.9 Å². The smallest absolute Gasteiger partial charge is 0.269 e. The standard InChI is InChI=1S/C22H24N4O3/c1-16-4-2-5-18(12-16)21(28)26-11-3-8-22(15-26)13-19(25-29-22)20(27)24-14-17-6-9-23-10-7-17/h2,4-7,9-10,12H,3,8,11,13-15H2,1H3,(H,24,27)/t22-/m0/s1. The van der Waals surface area contributed by atoms with Crippen molar-refractivity contribution in [2.24, 2.45) is 5.16 Å². The molecule has 150 valence electrons. The molecule has 7 heteroatoms. The molecular weight excluding hydrogens is 368 g/mol. The van der Waals surface area contributed by atoms with Gasteiger partial charge < -0.3 is 15.1 Å². The van der Waals surface area contributed by atoms with Gasteiger partial charge in [-0.1, -0.05) is 22.9 Å². The van der Waals surface area contributed by atoms with Gasteiger partial charge in [-0.05, 0) is 49.6 Å². The maximum Gasteiger partial charge on any atom is 0.269 e. The SMILES string of the molecule is Cc1cccc(C(=O)N2CCC[C@]3(CC(C(=O)NCc4ccncc4)=NO3)C2)c1. The Kier molecular flexibility index (Phi) is 5.29. The van der Waals surface area contributed by atoms with Crippen molar-refractivity contribution in [2.45, 2.75) is 38.3 Å². The Balaban J connectivity index is 1.37. The molecule has 2 aliphatic rings.